The molecule has 1 amide bonds. The lowest BCUT2D eigenvalue weighted by molar-refractivity contribution is -0.119. The van der Waals surface area contributed by atoms with Gasteiger partial charge in [0.2, 0.25) is 0 Å². The van der Waals surface area contributed by atoms with E-state index in [1.807, 2.05) is 35.2 Å². The molecule has 0 N–H and O–H groups in total. The lowest BCUT2D eigenvalue weighted by atomic mass is 9.94. The van der Waals surface area contributed by atoms with Crippen molar-refractivity contribution in [3.63, 3.8) is 0 Å². The summed E-state index contributed by atoms with van der Waals surface area (Å²) in [4.78, 5) is 16.6. The molecule has 2 aromatic rings. The van der Waals surface area contributed by atoms with Gasteiger partial charge in [0.1, 0.15) is 6.04 Å². The third-order valence-corrected chi connectivity index (χ3v) is 5.61. The van der Waals surface area contributed by atoms with Crippen LogP contribution in [0.3, 0.4) is 0 Å². The Kier molecular flexibility index (Phi) is 4.25. The number of para-hydroxylation sites is 1. The van der Waals surface area contributed by atoms with Gasteiger partial charge in [-0.2, -0.15) is 0 Å². The summed E-state index contributed by atoms with van der Waals surface area (Å²) in [7, 11) is 3.22. The molecule has 0 bridgehead atoms. The first kappa shape index (κ1) is 17.1. The van der Waals surface area contributed by atoms with Crippen LogP contribution in [0.2, 0.25) is 5.02 Å². The molecule has 1 fully saturated rings. The number of carbonyl (C=O) groups excluding carboxylic acids is 1. The van der Waals surface area contributed by atoms with Crippen molar-refractivity contribution in [2.75, 3.05) is 19.1 Å². The van der Waals surface area contributed by atoms with Crippen LogP contribution in [-0.2, 0) is 17.8 Å². The van der Waals surface area contributed by atoms with Gasteiger partial charge in [-0.1, -0.05) is 23.7 Å². The third kappa shape index (κ3) is 2.52. The molecule has 0 radical (unpaired) electrons. The summed E-state index contributed by atoms with van der Waals surface area (Å²) in [5, 5.41) is 0.984. The number of ether oxygens (including phenoxy) is 2. The summed E-state index contributed by atoms with van der Waals surface area (Å²) in [6.07, 6.45) is 0.565. The van der Waals surface area contributed by atoms with Crippen molar-refractivity contribution in [1.29, 1.82) is 0 Å². The molecule has 4 rings (SSSR count). The zero-order valence-corrected chi connectivity index (χ0v) is 15.9. The molecule has 0 spiro atoms. The Balaban J connectivity index is 1.73. The highest BCUT2D eigenvalue weighted by molar-refractivity contribution is 7.80. The van der Waals surface area contributed by atoms with Gasteiger partial charge in [-0.15, -0.1) is 0 Å². The molecule has 2 heterocycles. The Bertz CT molecular complexity index is 867. The van der Waals surface area contributed by atoms with Gasteiger partial charge in [0.15, 0.2) is 16.6 Å². The Labute approximate surface area is 162 Å². The van der Waals surface area contributed by atoms with Gasteiger partial charge in [0.25, 0.3) is 5.91 Å². The van der Waals surface area contributed by atoms with Crippen LogP contribution in [0, 0.1) is 0 Å². The van der Waals surface area contributed by atoms with Crippen LogP contribution in [0.25, 0.3) is 0 Å². The smallest absolute Gasteiger partial charge is 0.256 e. The van der Waals surface area contributed by atoms with Gasteiger partial charge in [0, 0.05) is 13.0 Å². The van der Waals surface area contributed by atoms with Crippen LogP contribution in [0.1, 0.15) is 11.1 Å². The maximum atomic E-state index is 13.1. The number of anilines is 1. The lowest BCUT2D eigenvalue weighted by Gasteiger charge is -2.31. The van der Waals surface area contributed by atoms with Crippen molar-refractivity contribution in [2.24, 2.45) is 0 Å². The minimum atomic E-state index is -0.329. The van der Waals surface area contributed by atoms with Crippen LogP contribution >= 0.6 is 23.8 Å². The normalized spacial score (nSPS) is 18.7. The largest absolute Gasteiger partial charge is 0.493 e. The average molecular weight is 389 g/mol. The van der Waals surface area contributed by atoms with Crippen molar-refractivity contribution >= 4 is 40.5 Å². The predicted octanol–water partition coefficient (Wildman–Crippen LogP) is 3.42. The van der Waals surface area contributed by atoms with Crippen LogP contribution in [-0.4, -0.2) is 36.2 Å². The zero-order valence-electron chi connectivity index (χ0n) is 14.4. The molecule has 0 unspecified atom stereocenters. The highest BCUT2D eigenvalue weighted by Gasteiger charge is 2.46. The number of carbonyl (C=O) groups is 1. The van der Waals surface area contributed by atoms with Gasteiger partial charge in [-0.3, -0.25) is 9.69 Å². The average Bonchev–Trinajstić information content (AvgIpc) is 2.89. The number of hydrogen-bond acceptors (Lipinski definition) is 4. The standard InChI is InChI=1S/C19H17ClN2O3S/c1-24-16-8-11-7-15-18(23)22(14-6-4-3-5-13(14)20)19(26)21(15)10-12(11)9-17(16)25-2/h3-6,8-9,15H,7,10H2,1-2H3/t15-/m0/s1. The summed E-state index contributed by atoms with van der Waals surface area (Å²) < 4.78 is 10.8. The second-order valence-corrected chi connectivity index (χ2v) is 7.00. The quantitative estimate of drug-likeness (QED) is 0.754. The Morgan fingerprint density at radius 1 is 1.12 bits per heavy atom. The summed E-state index contributed by atoms with van der Waals surface area (Å²) >= 11 is 11.9. The number of hydrogen-bond donors (Lipinski definition) is 0. The predicted molar refractivity (Wildman–Crippen MR) is 104 cm³/mol. The molecular formula is C19H17ClN2O3S. The molecule has 5 nitrogen and oxygen atoms in total. The molecule has 1 atom stereocenters. The number of rotatable bonds is 3. The number of amides is 1. The van der Waals surface area contributed by atoms with Crippen LogP contribution in [0.4, 0.5) is 5.69 Å². The Morgan fingerprint density at radius 2 is 1.77 bits per heavy atom. The van der Waals surface area contributed by atoms with E-state index in [0.29, 0.717) is 40.3 Å². The first-order valence-electron chi connectivity index (χ1n) is 8.18. The molecule has 134 valence electrons. The minimum Gasteiger partial charge on any atom is -0.493 e. The van der Waals surface area contributed by atoms with Crippen molar-refractivity contribution in [3.8, 4) is 11.5 Å². The molecule has 1 saturated heterocycles. The van der Waals surface area contributed by atoms with E-state index < -0.39 is 0 Å². The van der Waals surface area contributed by atoms with E-state index in [0.717, 1.165) is 11.1 Å². The molecule has 26 heavy (non-hydrogen) atoms. The molecule has 2 aromatic carbocycles. The third-order valence-electron chi connectivity index (χ3n) is 4.87. The zero-order chi connectivity index (χ0) is 18.4. The molecule has 0 aliphatic carbocycles. The maximum absolute atomic E-state index is 13.1. The number of methoxy groups -OCH3 is 2. The number of benzene rings is 2. The van der Waals surface area contributed by atoms with E-state index in [9.17, 15) is 4.79 Å². The van der Waals surface area contributed by atoms with Crippen LogP contribution in [0.5, 0.6) is 11.5 Å². The minimum absolute atomic E-state index is 0.0523. The first-order valence-corrected chi connectivity index (χ1v) is 8.96. The van der Waals surface area contributed by atoms with E-state index in [2.05, 4.69) is 0 Å². The van der Waals surface area contributed by atoms with E-state index >= 15 is 0 Å². The fourth-order valence-electron chi connectivity index (χ4n) is 3.56. The van der Waals surface area contributed by atoms with Crippen LogP contribution in [0.15, 0.2) is 36.4 Å². The summed E-state index contributed by atoms with van der Waals surface area (Å²) in [6.45, 7) is 0.548. The molecule has 2 aliphatic rings. The molecule has 0 aromatic heterocycles. The van der Waals surface area contributed by atoms with Crippen molar-refractivity contribution in [1.82, 2.24) is 4.90 Å². The van der Waals surface area contributed by atoms with Crippen molar-refractivity contribution in [3.05, 3.63) is 52.5 Å². The fourth-order valence-corrected chi connectivity index (χ4v) is 4.16. The first-order chi connectivity index (χ1) is 12.5. The van der Waals surface area contributed by atoms with E-state index in [-0.39, 0.29) is 11.9 Å². The molecule has 2 aliphatic heterocycles. The van der Waals surface area contributed by atoms with Gasteiger partial charge in [-0.05, 0) is 47.6 Å². The molecule has 0 saturated carbocycles. The molecule has 7 heteroatoms. The second-order valence-electron chi connectivity index (χ2n) is 6.23. The lowest BCUT2D eigenvalue weighted by Crippen LogP contribution is -2.40. The van der Waals surface area contributed by atoms with E-state index in [1.54, 1.807) is 25.2 Å². The SMILES string of the molecule is COc1cc2c(cc1OC)CN1C(=S)N(c3ccccc3Cl)C(=O)[C@@H]1C2. The Morgan fingerprint density at radius 3 is 2.42 bits per heavy atom. The Hall–Kier alpha value is -2.31. The van der Waals surface area contributed by atoms with Crippen molar-refractivity contribution < 1.29 is 14.3 Å². The maximum Gasteiger partial charge on any atom is 0.256 e. The second kappa shape index (κ2) is 6.45. The number of halogens is 1. The highest BCUT2D eigenvalue weighted by atomic mass is 35.5. The summed E-state index contributed by atoms with van der Waals surface area (Å²) in [6, 6.07) is 10.8. The molecular weight excluding hydrogens is 372 g/mol. The van der Waals surface area contributed by atoms with Gasteiger partial charge in [0.05, 0.1) is 24.9 Å². The topological polar surface area (TPSA) is 42.0 Å². The van der Waals surface area contributed by atoms with E-state index in [1.165, 1.54) is 0 Å². The highest BCUT2D eigenvalue weighted by Crippen LogP contribution is 2.39. The summed E-state index contributed by atoms with van der Waals surface area (Å²) in [5.74, 6) is 1.28. The van der Waals surface area contributed by atoms with Crippen molar-refractivity contribution in [2.45, 2.75) is 19.0 Å². The summed E-state index contributed by atoms with van der Waals surface area (Å²) in [5.41, 5.74) is 2.77. The monoisotopic (exact) mass is 388 g/mol. The van der Waals surface area contributed by atoms with E-state index in [4.69, 9.17) is 33.3 Å². The van der Waals surface area contributed by atoms with Gasteiger partial charge in [-0.25, -0.2) is 0 Å². The fraction of sp³-hybridized carbons (Fsp3) is 0.263. The number of thiocarbonyl (C=S) groups is 1. The number of fused-ring (bicyclic) bond motifs is 2. The number of nitrogens with zero attached hydrogens (tertiary/aromatic N) is 2. The van der Waals surface area contributed by atoms with Gasteiger partial charge >= 0.3 is 0 Å². The van der Waals surface area contributed by atoms with Gasteiger partial charge < -0.3 is 14.4 Å². The van der Waals surface area contributed by atoms with Crippen LogP contribution < -0.4 is 14.4 Å².